The van der Waals surface area contributed by atoms with Crippen molar-refractivity contribution < 1.29 is 4.42 Å². The summed E-state index contributed by atoms with van der Waals surface area (Å²) in [6, 6.07) is 14.3. The van der Waals surface area contributed by atoms with E-state index in [2.05, 4.69) is 36.5 Å². The first kappa shape index (κ1) is 14.0. The van der Waals surface area contributed by atoms with Gasteiger partial charge >= 0.3 is 0 Å². The monoisotopic (exact) mass is 298 g/mol. The Morgan fingerprint density at radius 1 is 1.14 bits per heavy atom. The molecule has 3 nitrogen and oxygen atoms in total. The summed E-state index contributed by atoms with van der Waals surface area (Å²) in [4.78, 5) is 5.98. The van der Waals surface area contributed by atoms with Gasteiger partial charge in [-0.2, -0.15) is 0 Å². The van der Waals surface area contributed by atoms with Crippen molar-refractivity contribution in [3.8, 4) is 21.2 Å². The van der Waals surface area contributed by atoms with E-state index in [0.717, 1.165) is 36.0 Å². The van der Waals surface area contributed by atoms with Crippen LogP contribution in [-0.2, 0) is 6.54 Å². The lowest BCUT2D eigenvalue weighted by Crippen LogP contribution is -2.14. The molecule has 2 aromatic heterocycles. The first-order chi connectivity index (χ1) is 10.4. The predicted octanol–water partition coefficient (Wildman–Crippen LogP) is 4.57. The van der Waals surface area contributed by atoms with Gasteiger partial charge in [-0.1, -0.05) is 37.3 Å². The highest BCUT2D eigenvalue weighted by atomic mass is 32.1. The van der Waals surface area contributed by atoms with Gasteiger partial charge in [-0.3, -0.25) is 0 Å². The van der Waals surface area contributed by atoms with Crippen LogP contribution in [0.4, 0.5) is 0 Å². The highest BCUT2D eigenvalue weighted by molar-refractivity contribution is 7.18. The van der Waals surface area contributed by atoms with E-state index in [0.29, 0.717) is 0 Å². The summed E-state index contributed by atoms with van der Waals surface area (Å²) in [7, 11) is 0. The first-order valence-corrected chi connectivity index (χ1v) is 8.00. The van der Waals surface area contributed by atoms with Crippen LogP contribution < -0.4 is 5.32 Å². The molecule has 0 aliphatic heterocycles. The van der Waals surface area contributed by atoms with Gasteiger partial charge in [0.1, 0.15) is 0 Å². The number of furan rings is 1. The maximum atomic E-state index is 5.48. The molecule has 0 saturated heterocycles. The van der Waals surface area contributed by atoms with Gasteiger partial charge in [0, 0.05) is 6.54 Å². The quantitative estimate of drug-likeness (QED) is 0.677. The average Bonchev–Trinajstić information content (AvgIpc) is 3.18. The number of benzene rings is 1. The van der Waals surface area contributed by atoms with Crippen molar-refractivity contribution >= 4 is 11.3 Å². The molecule has 3 aromatic rings. The molecule has 0 unspecified atom stereocenters. The third-order valence-electron chi connectivity index (χ3n) is 3.18. The molecule has 0 spiro atoms. The summed E-state index contributed by atoms with van der Waals surface area (Å²) in [6.07, 6.45) is 2.81. The summed E-state index contributed by atoms with van der Waals surface area (Å²) in [5, 5.41) is 4.37. The second kappa shape index (κ2) is 6.70. The molecule has 0 saturated carbocycles. The fourth-order valence-corrected chi connectivity index (χ4v) is 3.23. The zero-order valence-electron chi connectivity index (χ0n) is 12.0. The van der Waals surface area contributed by atoms with Gasteiger partial charge in [0.05, 0.1) is 16.8 Å². The number of hydrogen-bond donors (Lipinski definition) is 1. The minimum absolute atomic E-state index is 0.787. The highest BCUT2D eigenvalue weighted by Gasteiger charge is 2.15. The molecule has 0 atom stereocenters. The van der Waals surface area contributed by atoms with E-state index in [-0.39, 0.29) is 0 Å². The zero-order chi connectivity index (χ0) is 14.5. The maximum absolute atomic E-state index is 5.48. The van der Waals surface area contributed by atoms with Crippen LogP contribution in [0.15, 0.2) is 53.1 Å². The average molecular weight is 298 g/mol. The molecular weight excluding hydrogens is 280 g/mol. The number of rotatable bonds is 6. The second-order valence-corrected chi connectivity index (χ2v) is 5.81. The molecule has 0 aliphatic rings. The van der Waals surface area contributed by atoms with E-state index in [1.165, 1.54) is 10.4 Å². The lowest BCUT2D eigenvalue weighted by molar-refractivity contribution is 0.581. The summed E-state index contributed by atoms with van der Waals surface area (Å²) in [5.41, 5.74) is 2.30. The Bertz CT molecular complexity index is 674. The molecule has 2 heterocycles. The molecule has 0 aliphatic carbocycles. The van der Waals surface area contributed by atoms with E-state index >= 15 is 0 Å². The van der Waals surface area contributed by atoms with Gasteiger partial charge in [0.25, 0.3) is 0 Å². The molecule has 0 radical (unpaired) electrons. The summed E-state index contributed by atoms with van der Waals surface area (Å²) >= 11 is 1.68. The van der Waals surface area contributed by atoms with Crippen LogP contribution >= 0.6 is 11.3 Å². The van der Waals surface area contributed by atoms with Gasteiger partial charge in [-0.05, 0) is 30.7 Å². The largest absolute Gasteiger partial charge is 0.462 e. The normalized spacial score (nSPS) is 10.9. The molecule has 3 rings (SSSR count). The van der Waals surface area contributed by atoms with Gasteiger partial charge < -0.3 is 9.73 Å². The van der Waals surface area contributed by atoms with Crippen LogP contribution in [0.2, 0.25) is 0 Å². The van der Waals surface area contributed by atoms with Crippen LogP contribution in [0.25, 0.3) is 21.2 Å². The van der Waals surface area contributed by atoms with Crippen LogP contribution in [0, 0.1) is 0 Å². The minimum atomic E-state index is 0.787. The fraction of sp³-hybridized carbons (Fsp3) is 0.235. The van der Waals surface area contributed by atoms with Crippen molar-refractivity contribution in [3.05, 3.63) is 54.4 Å². The van der Waals surface area contributed by atoms with Crippen LogP contribution in [0.5, 0.6) is 0 Å². The molecule has 21 heavy (non-hydrogen) atoms. The van der Waals surface area contributed by atoms with Crippen LogP contribution in [0.1, 0.15) is 19.0 Å². The Balaban J connectivity index is 1.96. The van der Waals surface area contributed by atoms with Crippen molar-refractivity contribution in [1.29, 1.82) is 0 Å². The molecule has 0 amide bonds. The smallest absolute Gasteiger partial charge is 0.162 e. The Morgan fingerprint density at radius 3 is 2.71 bits per heavy atom. The maximum Gasteiger partial charge on any atom is 0.162 e. The van der Waals surface area contributed by atoms with E-state index in [9.17, 15) is 0 Å². The molecule has 1 N–H and O–H groups in total. The third-order valence-corrected chi connectivity index (χ3v) is 4.35. The molecular formula is C17H18N2OS. The lowest BCUT2D eigenvalue weighted by atomic mass is 10.1. The molecule has 0 fully saturated rings. The molecule has 0 bridgehead atoms. The van der Waals surface area contributed by atoms with Gasteiger partial charge in [-0.25, -0.2) is 4.98 Å². The summed E-state index contributed by atoms with van der Waals surface area (Å²) < 4.78 is 5.48. The van der Waals surface area contributed by atoms with E-state index in [1.54, 1.807) is 17.6 Å². The molecule has 1 aromatic carbocycles. The first-order valence-electron chi connectivity index (χ1n) is 7.18. The second-order valence-electron chi connectivity index (χ2n) is 4.81. The Labute approximate surface area is 128 Å². The van der Waals surface area contributed by atoms with Crippen LogP contribution in [-0.4, -0.2) is 11.5 Å². The predicted molar refractivity (Wildman–Crippen MR) is 87.2 cm³/mol. The molecule has 4 heteroatoms. The Kier molecular flexibility index (Phi) is 4.48. The summed E-state index contributed by atoms with van der Waals surface area (Å²) in [6.45, 7) is 3.96. The number of nitrogens with zero attached hydrogens (tertiary/aromatic N) is 1. The fourth-order valence-electron chi connectivity index (χ4n) is 2.18. The van der Waals surface area contributed by atoms with Crippen molar-refractivity contribution in [3.63, 3.8) is 0 Å². The minimum Gasteiger partial charge on any atom is -0.462 e. The molecule has 108 valence electrons. The van der Waals surface area contributed by atoms with Crippen LogP contribution in [0.3, 0.4) is 0 Å². The standard InChI is InChI=1S/C17H18N2OS/c1-2-10-18-12-14-16(13-7-4-3-5-8-13)21-17(19-14)15-9-6-11-20-15/h3-9,11,18H,2,10,12H2,1H3. The SMILES string of the molecule is CCCNCc1nc(-c2ccco2)sc1-c1ccccc1. The van der Waals surface area contributed by atoms with E-state index < -0.39 is 0 Å². The highest BCUT2D eigenvalue weighted by Crippen LogP contribution is 2.35. The van der Waals surface area contributed by atoms with E-state index in [1.807, 2.05) is 18.2 Å². The Morgan fingerprint density at radius 2 is 2.00 bits per heavy atom. The van der Waals surface area contributed by atoms with Gasteiger partial charge in [-0.15, -0.1) is 11.3 Å². The van der Waals surface area contributed by atoms with Gasteiger partial charge in [0.2, 0.25) is 0 Å². The van der Waals surface area contributed by atoms with Gasteiger partial charge in [0.15, 0.2) is 10.8 Å². The third kappa shape index (κ3) is 3.23. The van der Waals surface area contributed by atoms with Crippen molar-refractivity contribution in [2.24, 2.45) is 0 Å². The summed E-state index contributed by atoms with van der Waals surface area (Å²) in [5.74, 6) is 0.832. The number of aromatic nitrogens is 1. The topological polar surface area (TPSA) is 38.1 Å². The number of nitrogens with one attached hydrogen (secondary N) is 1. The lowest BCUT2D eigenvalue weighted by Gasteiger charge is -2.03. The number of thiazole rings is 1. The van der Waals surface area contributed by atoms with Crippen molar-refractivity contribution in [2.45, 2.75) is 19.9 Å². The number of hydrogen-bond acceptors (Lipinski definition) is 4. The Hall–Kier alpha value is -1.91. The van der Waals surface area contributed by atoms with E-state index in [4.69, 9.17) is 9.40 Å². The van der Waals surface area contributed by atoms with Crippen molar-refractivity contribution in [1.82, 2.24) is 10.3 Å². The van der Waals surface area contributed by atoms with Crippen molar-refractivity contribution in [2.75, 3.05) is 6.54 Å². The zero-order valence-corrected chi connectivity index (χ0v) is 12.8.